The van der Waals surface area contributed by atoms with Gasteiger partial charge in [0.2, 0.25) is 0 Å². The topological polar surface area (TPSA) is 21.3 Å². The van der Waals surface area contributed by atoms with Crippen molar-refractivity contribution in [2.24, 2.45) is 5.92 Å². The van der Waals surface area contributed by atoms with E-state index in [-0.39, 0.29) is 5.54 Å². The van der Waals surface area contributed by atoms with Crippen molar-refractivity contribution in [3.8, 4) is 0 Å². The van der Waals surface area contributed by atoms with Gasteiger partial charge in [0.25, 0.3) is 0 Å². The molecular formula is C14H31NO. The van der Waals surface area contributed by atoms with Crippen LogP contribution in [0.3, 0.4) is 0 Å². The number of hydrogen-bond donors (Lipinski definition) is 1. The Morgan fingerprint density at radius 2 is 1.62 bits per heavy atom. The van der Waals surface area contributed by atoms with Gasteiger partial charge in [0.05, 0.1) is 0 Å². The van der Waals surface area contributed by atoms with Crippen LogP contribution in [-0.2, 0) is 4.74 Å². The van der Waals surface area contributed by atoms with E-state index in [2.05, 4.69) is 39.9 Å². The number of hydrogen-bond acceptors (Lipinski definition) is 2. The fourth-order valence-corrected chi connectivity index (χ4v) is 1.50. The molecule has 0 aliphatic carbocycles. The summed E-state index contributed by atoms with van der Waals surface area (Å²) in [7, 11) is 0. The Bertz CT molecular complexity index is 149. The molecule has 0 saturated heterocycles. The van der Waals surface area contributed by atoms with Gasteiger partial charge in [0.15, 0.2) is 0 Å². The summed E-state index contributed by atoms with van der Waals surface area (Å²) in [6.45, 7) is 14.0. The van der Waals surface area contributed by atoms with Gasteiger partial charge >= 0.3 is 0 Å². The second-order valence-electron chi connectivity index (χ2n) is 6.03. The van der Waals surface area contributed by atoms with E-state index in [1.54, 1.807) is 0 Å². The highest BCUT2D eigenvalue weighted by molar-refractivity contribution is 4.69. The fraction of sp³-hybridized carbons (Fsp3) is 1.00. The Labute approximate surface area is 102 Å². The third kappa shape index (κ3) is 13.9. The van der Waals surface area contributed by atoms with Crippen LogP contribution < -0.4 is 5.32 Å². The van der Waals surface area contributed by atoms with Crippen LogP contribution in [0.25, 0.3) is 0 Å². The van der Waals surface area contributed by atoms with Crippen LogP contribution in [0.2, 0.25) is 0 Å². The van der Waals surface area contributed by atoms with Crippen molar-refractivity contribution in [2.75, 3.05) is 19.8 Å². The number of rotatable bonds is 9. The molecule has 0 atom stereocenters. The van der Waals surface area contributed by atoms with Gasteiger partial charge in [0, 0.05) is 18.8 Å². The van der Waals surface area contributed by atoms with Gasteiger partial charge in [-0.25, -0.2) is 0 Å². The van der Waals surface area contributed by atoms with E-state index in [1.165, 1.54) is 19.3 Å². The molecule has 0 bridgehead atoms. The van der Waals surface area contributed by atoms with E-state index in [0.717, 1.165) is 32.1 Å². The molecule has 2 heteroatoms. The van der Waals surface area contributed by atoms with Gasteiger partial charge < -0.3 is 10.1 Å². The normalized spacial score (nSPS) is 12.4. The highest BCUT2D eigenvalue weighted by Gasteiger charge is 2.06. The molecule has 0 fully saturated rings. The zero-order valence-corrected chi connectivity index (χ0v) is 11.9. The molecule has 2 nitrogen and oxygen atoms in total. The average Bonchev–Trinajstić information content (AvgIpc) is 2.13. The molecule has 16 heavy (non-hydrogen) atoms. The third-order valence-corrected chi connectivity index (χ3v) is 2.44. The van der Waals surface area contributed by atoms with Gasteiger partial charge in [-0.05, 0) is 46.1 Å². The number of ether oxygens (including phenoxy) is 1. The summed E-state index contributed by atoms with van der Waals surface area (Å²) >= 11 is 0. The van der Waals surface area contributed by atoms with Gasteiger partial charge in [-0.15, -0.1) is 0 Å². The summed E-state index contributed by atoms with van der Waals surface area (Å²) in [4.78, 5) is 0. The zero-order valence-electron chi connectivity index (χ0n) is 11.9. The lowest BCUT2D eigenvalue weighted by atomic mass is 10.1. The summed E-state index contributed by atoms with van der Waals surface area (Å²) in [6, 6.07) is 0. The van der Waals surface area contributed by atoms with Crippen LogP contribution in [0.15, 0.2) is 0 Å². The van der Waals surface area contributed by atoms with Crippen molar-refractivity contribution >= 4 is 0 Å². The molecule has 0 saturated carbocycles. The van der Waals surface area contributed by atoms with E-state index in [0.29, 0.717) is 0 Å². The SMILES string of the molecule is CC(C)CCCCOCCCNC(C)(C)C. The molecule has 0 aliphatic heterocycles. The Morgan fingerprint density at radius 3 is 2.19 bits per heavy atom. The molecule has 98 valence electrons. The summed E-state index contributed by atoms with van der Waals surface area (Å²) in [6.07, 6.45) is 4.96. The molecule has 0 spiro atoms. The van der Waals surface area contributed by atoms with Crippen LogP contribution in [0.1, 0.15) is 60.3 Å². The molecule has 0 radical (unpaired) electrons. The second-order valence-corrected chi connectivity index (χ2v) is 6.03. The van der Waals surface area contributed by atoms with E-state index in [1.807, 2.05) is 0 Å². The van der Waals surface area contributed by atoms with Crippen LogP contribution in [0.5, 0.6) is 0 Å². The van der Waals surface area contributed by atoms with Crippen molar-refractivity contribution in [1.29, 1.82) is 0 Å². The van der Waals surface area contributed by atoms with Gasteiger partial charge in [-0.3, -0.25) is 0 Å². The van der Waals surface area contributed by atoms with E-state index >= 15 is 0 Å². The van der Waals surface area contributed by atoms with Gasteiger partial charge in [-0.1, -0.05) is 26.7 Å². The predicted octanol–water partition coefficient (Wildman–Crippen LogP) is 3.61. The van der Waals surface area contributed by atoms with Crippen molar-refractivity contribution in [2.45, 2.75) is 65.8 Å². The number of unbranched alkanes of at least 4 members (excludes halogenated alkanes) is 1. The summed E-state index contributed by atoms with van der Waals surface area (Å²) in [5.41, 5.74) is 0.233. The van der Waals surface area contributed by atoms with Gasteiger partial charge in [0.1, 0.15) is 0 Å². The summed E-state index contributed by atoms with van der Waals surface area (Å²) in [5.74, 6) is 0.830. The smallest absolute Gasteiger partial charge is 0.0478 e. The maximum atomic E-state index is 5.59. The average molecular weight is 229 g/mol. The van der Waals surface area contributed by atoms with Crippen molar-refractivity contribution in [1.82, 2.24) is 5.32 Å². The predicted molar refractivity (Wildman–Crippen MR) is 71.9 cm³/mol. The van der Waals surface area contributed by atoms with E-state index in [9.17, 15) is 0 Å². The fourth-order valence-electron chi connectivity index (χ4n) is 1.50. The maximum Gasteiger partial charge on any atom is 0.0478 e. The standard InChI is InChI=1S/C14H31NO/c1-13(2)9-6-7-11-16-12-8-10-15-14(3,4)5/h13,15H,6-12H2,1-5H3. The monoisotopic (exact) mass is 229 g/mol. The Morgan fingerprint density at radius 1 is 1.00 bits per heavy atom. The molecule has 0 amide bonds. The van der Waals surface area contributed by atoms with Crippen LogP contribution >= 0.6 is 0 Å². The van der Waals surface area contributed by atoms with Crippen LogP contribution in [-0.4, -0.2) is 25.3 Å². The first-order chi connectivity index (χ1) is 7.42. The lowest BCUT2D eigenvalue weighted by Gasteiger charge is -2.20. The van der Waals surface area contributed by atoms with E-state index in [4.69, 9.17) is 4.74 Å². The molecule has 0 aliphatic rings. The minimum absolute atomic E-state index is 0.233. The lowest BCUT2D eigenvalue weighted by molar-refractivity contribution is 0.125. The van der Waals surface area contributed by atoms with Crippen LogP contribution in [0, 0.1) is 5.92 Å². The molecular weight excluding hydrogens is 198 g/mol. The molecule has 0 unspecified atom stereocenters. The Hall–Kier alpha value is -0.0800. The Kier molecular flexibility index (Phi) is 8.96. The molecule has 0 aromatic rings. The largest absolute Gasteiger partial charge is 0.381 e. The first-order valence-electron chi connectivity index (χ1n) is 6.74. The summed E-state index contributed by atoms with van der Waals surface area (Å²) in [5, 5.41) is 3.46. The quantitative estimate of drug-likeness (QED) is 0.610. The molecule has 1 N–H and O–H groups in total. The van der Waals surface area contributed by atoms with Crippen molar-refractivity contribution in [3.05, 3.63) is 0 Å². The molecule has 0 aromatic carbocycles. The molecule has 0 rings (SSSR count). The molecule has 0 aromatic heterocycles. The van der Waals surface area contributed by atoms with E-state index < -0.39 is 0 Å². The van der Waals surface area contributed by atoms with Crippen molar-refractivity contribution in [3.63, 3.8) is 0 Å². The first kappa shape index (κ1) is 15.9. The number of nitrogens with one attached hydrogen (secondary N) is 1. The zero-order chi connectivity index (χ0) is 12.4. The minimum atomic E-state index is 0.233. The summed E-state index contributed by atoms with van der Waals surface area (Å²) < 4.78 is 5.59. The van der Waals surface area contributed by atoms with Gasteiger partial charge in [-0.2, -0.15) is 0 Å². The van der Waals surface area contributed by atoms with Crippen LogP contribution in [0.4, 0.5) is 0 Å². The second kappa shape index (κ2) is 9.00. The molecule has 0 heterocycles. The maximum absolute atomic E-state index is 5.59. The third-order valence-electron chi connectivity index (χ3n) is 2.44. The highest BCUT2D eigenvalue weighted by atomic mass is 16.5. The lowest BCUT2D eigenvalue weighted by Crippen LogP contribution is -2.36. The minimum Gasteiger partial charge on any atom is -0.381 e. The van der Waals surface area contributed by atoms with Crippen molar-refractivity contribution < 1.29 is 4.74 Å². The highest BCUT2D eigenvalue weighted by Crippen LogP contribution is 2.06. The Balaban J connectivity index is 3.05. The first-order valence-corrected chi connectivity index (χ1v) is 6.74.